The van der Waals surface area contributed by atoms with E-state index in [1.807, 2.05) is 31.2 Å². The molecule has 116 valence electrons. The molecule has 5 heteroatoms. The van der Waals surface area contributed by atoms with Crippen LogP contribution in [0.4, 0.5) is 10.5 Å². The summed E-state index contributed by atoms with van der Waals surface area (Å²) < 4.78 is 5.05. The molecule has 2 atom stereocenters. The van der Waals surface area contributed by atoms with Crippen LogP contribution < -0.4 is 4.90 Å². The summed E-state index contributed by atoms with van der Waals surface area (Å²) in [5, 5.41) is -0.370. The zero-order valence-corrected chi connectivity index (χ0v) is 13.4. The molecule has 0 bridgehead atoms. The van der Waals surface area contributed by atoms with Crippen molar-refractivity contribution in [3.8, 4) is 0 Å². The van der Waals surface area contributed by atoms with E-state index in [2.05, 4.69) is 0 Å². The predicted molar refractivity (Wildman–Crippen MR) is 85.3 cm³/mol. The summed E-state index contributed by atoms with van der Waals surface area (Å²) in [6.45, 7) is 3.95. The van der Waals surface area contributed by atoms with Crippen LogP contribution in [-0.2, 0) is 14.9 Å². The summed E-state index contributed by atoms with van der Waals surface area (Å²) in [6.07, 6.45) is 2.56. The molecule has 1 aromatic rings. The summed E-state index contributed by atoms with van der Waals surface area (Å²) in [6, 6.07) is 7.34. The first-order chi connectivity index (χ1) is 10.5. The van der Waals surface area contributed by atoms with E-state index in [4.69, 9.17) is 16.3 Å². The number of carbonyl (C=O) groups is 2. The lowest BCUT2D eigenvalue weighted by Gasteiger charge is -2.35. The second kappa shape index (κ2) is 5.43. The lowest BCUT2D eigenvalue weighted by atomic mass is 9.70. The summed E-state index contributed by atoms with van der Waals surface area (Å²) in [5.41, 5.74) is 1.71. The molecule has 22 heavy (non-hydrogen) atoms. The van der Waals surface area contributed by atoms with Gasteiger partial charge in [-0.25, -0.2) is 9.69 Å². The Balaban J connectivity index is 2.14. The van der Waals surface area contributed by atoms with E-state index in [1.165, 1.54) is 5.57 Å². The van der Waals surface area contributed by atoms with E-state index in [-0.39, 0.29) is 17.9 Å². The van der Waals surface area contributed by atoms with Gasteiger partial charge in [0.2, 0.25) is 5.91 Å². The van der Waals surface area contributed by atoms with E-state index in [9.17, 15) is 9.59 Å². The third kappa shape index (κ3) is 1.97. The maximum atomic E-state index is 13.1. The number of imide groups is 1. The van der Waals surface area contributed by atoms with E-state index in [0.29, 0.717) is 18.5 Å². The molecule has 0 fully saturated rings. The molecule has 0 saturated heterocycles. The van der Waals surface area contributed by atoms with Gasteiger partial charge in [-0.2, -0.15) is 0 Å². The van der Waals surface area contributed by atoms with Crippen molar-refractivity contribution in [2.24, 2.45) is 0 Å². The number of amides is 2. The van der Waals surface area contributed by atoms with Gasteiger partial charge in [0.15, 0.2) is 0 Å². The van der Waals surface area contributed by atoms with Crippen LogP contribution in [0.2, 0.25) is 0 Å². The number of hydrogen-bond acceptors (Lipinski definition) is 3. The Morgan fingerprint density at radius 3 is 2.86 bits per heavy atom. The molecule has 0 aromatic heterocycles. The van der Waals surface area contributed by atoms with Gasteiger partial charge in [-0.3, -0.25) is 4.79 Å². The number of benzene rings is 1. The number of alkyl halides is 1. The lowest BCUT2D eigenvalue weighted by Crippen LogP contribution is -2.49. The zero-order valence-electron chi connectivity index (χ0n) is 12.6. The summed E-state index contributed by atoms with van der Waals surface area (Å²) >= 11 is 6.60. The average Bonchev–Trinajstić information content (AvgIpc) is 2.73. The number of rotatable bonds is 1. The van der Waals surface area contributed by atoms with Crippen LogP contribution in [0.25, 0.3) is 0 Å². The number of ether oxygens (including phenoxy) is 1. The van der Waals surface area contributed by atoms with E-state index in [0.717, 1.165) is 10.5 Å². The number of fused-ring (bicyclic) bond motifs is 2. The highest BCUT2D eigenvalue weighted by Gasteiger charge is 2.57. The molecule has 0 unspecified atom stereocenters. The summed E-state index contributed by atoms with van der Waals surface area (Å²) in [5.74, 6) is -0.282. The van der Waals surface area contributed by atoms with Crippen molar-refractivity contribution in [2.75, 3.05) is 11.5 Å². The minimum atomic E-state index is -0.871. The van der Waals surface area contributed by atoms with Gasteiger partial charge in [0.25, 0.3) is 0 Å². The number of carbonyl (C=O) groups excluding carboxylic acids is 2. The van der Waals surface area contributed by atoms with Crippen molar-refractivity contribution in [1.82, 2.24) is 0 Å². The fourth-order valence-electron chi connectivity index (χ4n) is 3.34. The van der Waals surface area contributed by atoms with Crippen LogP contribution in [0, 0.1) is 0 Å². The molecule has 1 aliphatic carbocycles. The summed E-state index contributed by atoms with van der Waals surface area (Å²) in [4.78, 5) is 26.5. The van der Waals surface area contributed by atoms with Crippen molar-refractivity contribution in [3.05, 3.63) is 41.5 Å². The highest BCUT2D eigenvalue weighted by Crippen LogP contribution is 2.51. The van der Waals surface area contributed by atoms with E-state index in [1.54, 1.807) is 13.0 Å². The highest BCUT2D eigenvalue weighted by molar-refractivity contribution is 6.29. The average molecular weight is 320 g/mol. The van der Waals surface area contributed by atoms with Gasteiger partial charge in [0, 0.05) is 0 Å². The van der Waals surface area contributed by atoms with Gasteiger partial charge in [-0.1, -0.05) is 29.8 Å². The largest absolute Gasteiger partial charge is 0.449 e. The van der Waals surface area contributed by atoms with Crippen molar-refractivity contribution in [3.63, 3.8) is 0 Å². The highest BCUT2D eigenvalue weighted by atomic mass is 35.5. The monoisotopic (exact) mass is 319 g/mol. The third-order valence-corrected chi connectivity index (χ3v) is 5.00. The Hall–Kier alpha value is -1.81. The van der Waals surface area contributed by atoms with Crippen LogP contribution in [0.15, 0.2) is 35.9 Å². The van der Waals surface area contributed by atoms with Gasteiger partial charge in [-0.15, -0.1) is 11.6 Å². The minimum absolute atomic E-state index is 0.223. The first-order valence-corrected chi connectivity index (χ1v) is 7.86. The van der Waals surface area contributed by atoms with Crippen LogP contribution in [0.1, 0.15) is 32.3 Å². The molecule has 0 N–H and O–H groups in total. The van der Waals surface area contributed by atoms with Crippen LogP contribution in [-0.4, -0.2) is 24.0 Å². The van der Waals surface area contributed by atoms with E-state index < -0.39 is 11.5 Å². The van der Waals surface area contributed by atoms with Crippen molar-refractivity contribution in [2.45, 2.75) is 37.5 Å². The first kappa shape index (κ1) is 15.1. The van der Waals surface area contributed by atoms with Crippen LogP contribution in [0.5, 0.6) is 0 Å². The predicted octanol–water partition coefficient (Wildman–Crippen LogP) is 3.78. The van der Waals surface area contributed by atoms with Gasteiger partial charge in [-0.05, 0) is 38.3 Å². The number of para-hydroxylation sites is 1. The number of hydrogen-bond donors (Lipinski definition) is 0. The van der Waals surface area contributed by atoms with Gasteiger partial charge >= 0.3 is 6.09 Å². The molecule has 2 aliphatic rings. The normalized spacial score (nSPS) is 26.9. The third-order valence-electron chi connectivity index (χ3n) is 4.47. The second-order valence-corrected chi connectivity index (χ2v) is 6.28. The van der Waals surface area contributed by atoms with Crippen molar-refractivity contribution >= 4 is 29.3 Å². The molecular formula is C17H18ClNO3. The number of nitrogens with zero attached hydrogens (tertiary/aromatic N) is 1. The lowest BCUT2D eigenvalue weighted by molar-refractivity contribution is -0.122. The molecule has 2 amide bonds. The quantitative estimate of drug-likeness (QED) is 0.584. The molecule has 3 rings (SSSR count). The maximum Gasteiger partial charge on any atom is 0.421 e. The molecule has 1 aliphatic heterocycles. The van der Waals surface area contributed by atoms with Gasteiger partial charge < -0.3 is 4.74 Å². The SMILES string of the molecule is CCOC(=O)N1C(=O)[C@]2(CC=C(C)C[C@@H]2Cl)c2ccccc21. The van der Waals surface area contributed by atoms with Crippen molar-refractivity contribution < 1.29 is 14.3 Å². The molecule has 1 aromatic carbocycles. The van der Waals surface area contributed by atoms with Gasteiger partial charge in [0.05, 0.1) is 23.1 Å². The number of anilines is 1. The Kier molecular flexibility index (Phi) is 3.73. The topological polar surface area (TPSA) is 46.6 Å². The smallest absolute Gasteiger partial charge is 0.421 e. The van der Waals surface area contributed by atoms with Gasteiger partial charge in [0.1, 0.15) is 0 Å². The summed E-state index contributed by atoms with van der Waals surface area (Å²) in [7, 11) is 0. The zero-order chi connectivity index (χ0) is 15.9. The standard InChI is InChI=1S/C17H18ClNO3/c1-3-22-16(21)19-13-7-5-4-6-12(13)17(15(19)20)9-8-11(2)10-14(17)18/h4-8,14H,3,9-10H2,1-2H3/t14-,17+/m0/s1. The van der Waals surface area contributed by atoms with E-state index >= 15 is 0 Å². The Morgan fingerprint density at radius 1 is 1.45 bits per heavy atom. The minimum Gasteiger partial charge on any atom is -0.449 e. The maximum absolute atomic E-state index is 13.1. The fraction of sp³-hybridized carbons (Fsp3) is 0.412. The van der Waals surface area contributed by atoms with Crippen molar-refractivity contribution in [1.29, 1.82) is 0 Å². The molecule has 1 heterocycles. The second-order valence-electron chi connectivity index (χ2n) is 5.75. The number of halogens is 1. The Bertz CT molecular complexity index is 670. The van der Waals surface area contributed by atoms with Crippen LogP contribution >= 0.6 is 11.6 Å². The molecule has 1 spiro atoms. The molecule has 0 radical (unpaired) electrons. The fourth-order valence-corrected chi connectivity index (χ4v) is 3.89. The Morgan fingerprint density at radius 2 is 2.18 bits per heavy atom. The first-order valence-electron chi connectivity index (χ1n) is 7.43. The molecular weight excluding hydrogens is 302 g/mol. The molecule has 4 nitrogen and oxygen atoms in total. The Labute approximate surface area is 134 Å². The van der Waals surface area contributed by atoms with Crippen LogP contribution in [0.3, 0.4) is 0 Å². The molecule has 0 saturated carbocycles. The number of allylic oxidation sites excluding steroid dienone is 2.